The summed E-state index contributed by atoms with van der Waals surface area (Å²) in [5, 5.41) is 0.406. The largest absolute Gasteiger partial charge is 0.397 e. The zero-order valence-corrected chi connectivity index (χ0v) is 12.0. The fourth-order valence-corrected chi connectivity index (χ4v) is 3.80. The number of halogens is 1. The van der Waals surface area contributed by atoms with Crippen molar-refractivity contribution < 1.29 is 8.42 Å². The van der Waals surface area contributed by atoms with Crippen LogP contribution in [0.5, 0.6) is 0 Å². The van der Waals surface area contributed by atoms with E-state index < -0.39 is 10.0 Å². The number of nitrogen functional groups attached to an aromatic ring is 1. The van der Waals surface area contributed by atoms with E-state index in [4.69, 9.17) is 17.3 Å². The van der Waals surface area contributed by atoms with Crippen molar-refractivity contribution in [3.05, 3.63) is 22.7 Å². The van der Waals surface area contributed by atoms with Gasteiger partial charge in [-0.15, -0.1) is 0 Å². The van der Waals surface area contributed by atoms with Crippen LogP contribution in [0.2, 0.25) is 5.02 Å². The minimum atomic E-state index is -3.53. The van der Waals surface area contributed by atoms with Crippen LogP contribution in [0, 0.1) is 6.92 Å². The van der Waals surface area contributed by atoms with E-state index in [1.165, 1.54) is 6.07 Å². The van der Waals surface area contributed by atoms with Gasteiger partial charge in [-0.2, -0.15) is 0 Å². The lowest BCUT2D eigenvalue weighted by molar-refractivity contribution is 0.248. The van der Waals surface area contributed by atoms with E-state index in [2.05, 4.69) is 4.72 Å². The highest BCUT2D eigenvalue weighted by molar-refractivity contribution is 7.89. The molecule has 0 bridgehead atoms. The molecule has 3 N–H and O–H groups in total. The van der Waals surface area contributed by atoms with Crippen LogP contribution in [0.4, 0.5) is 5.69 Å². The van der Waals surface area contributed by atoms with E-state index in [1.54, 1.807) is 13.0 Å². The van der Waals surface area contributed by atoms with Crippen molar-refractivity contribution in [1.29, 1.82) is 0 Å². The minimum Gasteiger partial charge on any atom is -0.397 e. The van der Waals surface area contributed by atoms with Crippen LogP contribution >= 0.6 is 11.6 Å². The third kappa shape index (κ3) is 2.48. The van der Waals surface area contributed by atoms with E-state index in [0.29, 0.717) is 10.6 Å². The normalized spacial score (nSPS) is 18.4. The molecular formula is C12H17ClN2O2S. The molecule has 0 atom stereocenters. The van der Waals surface area contributed by atoms with Gasteiger partial charge in [0.25, 0.3) is 0 Å². The number of nitrogens with two attached hydrogens (primary N) is 1. The predicted molar refractivity (Wildman–Crippen MR) is 73.2 cm³/mol. The summed E-state index contributed by atoms with van der Waals surface area (Å²) in [5.41, 5.74) is 6.34. The number of aryl methyl sites for hydroxylation is 1. The minimum absolute atomic E-state index is 0.176. The van der Waals surface area contributed by atoms with E-state index in [0.717, 1.165) is 19.3 Å². The molecule has 0 aliphatic heterocycles. The molecule has 1 aromatic rings. The second kappa shape index (κ2) is 4.40. The smallest absolute Gasteiger partial charge is 0.241 e. The second-order valence-electron chi connectivity index (χ2n) is 5.16. The first kappa shape index (κ1) is 13.6. The maximum atomic E-state index is 12.2. The molecular weight excluding hydrogens is 272 g/mol. The molecule has 0 aromatic heterocycles. The molecule has 2 rings (SSSR count). The van der Waals surface area contributed by atoms with E-state index in [-0.39, 0.29) is 16.1 Å². The molecule has 1 aliphatic rings. The van der Waals surface area contributed by atoms with Crippen LogP contribution in [0.3, 0.4) is 0 Å². The second-order valence-corrected chi connectivity index (χ2v) is 7.22. The SMILES string of the molecule is Cc1cc(S(=O)(=O)NC2(C)CCC2)cc(N)c1Cl. The Bertz CT molecular complexity index is 557. The number of nitrogens with one attached hydrogen (secondary N) is 1. The summed E-state index contributed by atoms with van der Waals surface area (Å²) in [4.78, 5) is 0.176. The highest BCUT2D eigenvalue weighted by Gasteiger charge is 2.36. The number of rotatable bonds is 3. The maximum absolute atomic E-state index is 12.2. The predicted octanol–water partition coefficient (Wildman–Crippen LogP) is 2.45. The van der Waals surface area contributed by atoms with Crippen molar-refractivity contribution in [2.24, 2.45) is 0 Å². The molecule has 4 nitrogen and oxygen atoms in total. The van der Waals surface area contributed by atoms with Gasteiger partial charge < -0.3 is 5.73 Å². The first-order chi connectivity index (χ1) is 8.23. The Kier molecular flexibility index (Phi) is 3.34. The van der Waals surface area contributed by atoms with Crippen molar-refractivity contribution in [1.82, 2.24) is 4.72 Å². The van der Waals surface area contributed by atoms with Crippen LogP contribution < -0.4 is 10.5 Å². The Labute approximate surface area is 113 Å². The Morgan fingerprint density at radius 1 is 1.39 bits per heavy atom. The summed E-state index contributed by atoms with van der Waals surface area (Å²) in [6, 6.07) is 2.95. The molecule has 1 aliphatic carbocycles. The fraction of sp³-hybridized carbons (Fsp3) is 0.500. The molecule has 0 unspecified atom stereocenters. The zero-order chi connectivity index (χ0) is 13.6. The highest BCUT2D eigenvalue weighted by atomic mass is 35.5. The molecule has 0 saturated heterocycles. The monoisotopic (exact) mass is 288 g/mol. The van der Waals surface area contributed by atoms with Gasteiger partial charge in [0, 0.05) is 5.54 Å². The van der Waals surface area contributed by atoms with Crippen molar-refractivity contribution in [2.75, 3.05) is 5.73 Å². The first-order valence-electron chi connectivity index (χ1n) is 5.83. The van der Waals surface area contributed by atoms with Crippen LogP contribution in [-0.4, -0.2) is 14.0 Å². The van der Waals surface area contributed by atoms with Crippen molar-refractivity contribution in [3.8, 4) is 0 Å². The average molecular weight is 289 g/mol. The summed E-state index contributed by atoms with van der Waals surface area (Å²) in [5.74, 6) is 0. The van der Waals surface area contributed by atoms with Gasteiger partial charge in [-0.25, -0.2) is 13.1 Å². The van der Waals surface area contributed by atoms with Gasteiger partial charge in [0.2, 0.25) is 10.0 Å². The molecule has 1 fully saturated rings. The molecule has 0 amide bonds. The van der Waals surface area contributed by atoms with Gasteiger partial charge in [-0.05, 0) is 50.8 Å². The Morgan fingerprint density at radius 3 is 2.44 bits per heavy atom. The van der Waals surface area contributed by atoms with E-state index >= 15 is 0 Å². The quantitative estimate of drug-likeness (QED) is 0.839. The zero-order valence-electron chi connectivity index (χ0n) is 10.5. The van der Waals surface area contributed by atoms with Crippen molar-refractivity contribution in [3.63, 3.8) is 0 Å². The molecule has 18 heavy (non-hydrogen) atoms. The summed E-state index contributed by atoms with van der Waals surface area (Å²) in [7, 11) is -3.53. The maximum Gasteiger partial charge on any atom is 0.241 e. The van der Waals surface area contributed by atoms with E-state index in [9.17, 15) is 8.42 Å². The summed E-state index contributed by atoms with van der Waals surface area (Å²) >= 11 is 5.93. The van der Waals surface area contributed by atoms with E-state index in [1.807, 2.05) is 6.92 Å². The van der Waals surface area contributed by atoms with Gasteiger partial charge in [0.1, 0.15) is 0 Å². The molecule has 0 radical (unpaired) electrons. The van der Waals surface area contributed by atoms with Gasteiger partial charge in [-0.3, -0.25) is 0 Å². The van der Waals surface area contributed by atoms with Crippen LogP contribution in [0.25, 0.3) is 0 Å². The molecule has 1 aromatic carbocycles. The first-order valence-corrected chi connectivity index (χ1v) is 7.69. The summed E-state index contributed by atoms with van der Waals surface area (Å²) in [6.07, 6.45) is 2.80. The molecule has 0 heterocycles. The topological polar surface area (TPSA) is 72.2 Å². The number of hydrogen-bond donors (Lipinski definition) is 2. The Hall–Kier alpha value is -0.780. The van der Waals surface area contributed by atoms with Gasteiger partial charge >= 0.3 is 0 Å². The number of anilines is 1. The summed E-state index contributed by atoms with van der Waals surface area (Å²) in [6.45, 7) is 3.66. The van der Waals surface area contributed by atoms with Crippen molar-refractivity contribution in [2.45, 2.75) is 43.5 Å². The third-order valence-corrected chi connectivity index (χ3v) is 5.54. The lowest BCUT2D eigenvalue weighted by atomic mass is 9.80. The van der Waals surface area contributed by atoms with Gasteiger partial charge in [-0.1, -0.05) is 11.6 Å². The Balaban J connectivity index is 2.35. The number of benzene rings is 1. The molecule has 1 saturated carbocycles. The third-order valence-electron chi connectivity index (χ3n) is 3.40. The number of sulfonamides is 1. The lowest BCUT2D eigenvalue weighted by Gasteiger charge is -2.38. The molecule has 0 spiro atoms. The lowest BCUT2D eigenvalue weighted by Crippen LogP contribution is -2.50. The van der Waals surface area contributed by atoms with Crippen LogP contribution in [0.1, 0.15) is 31.7 Å². The van der Waals surface area contributed by atoms with Crippen molar-refractivity contribution >= 4 is 27.3 Å². The summed E-state index contributed by atoms with van der Waals surface area (Å²) < 4.78 is 27.2. The van der Waals surface area contributed by atoms with Crippen LogP contribution in [-0.2, 0) is 10.0 Å². The van der Waals surface area contributed by atoms with Gasteiger partial charge in [0.15, 0.2) is 0 Å². The highest BCUT2D eigenvalue weighted by Crippen LogP contribution is 2.33. The number of hydrogen-bond acceptors (Lipinski definition) is 3. The standard InChI is InChI=1S/C12H17ClN2O2S/c1-8-6-9(7-10(14)11(8)13)18(16,17)15-12(2)4-3-5-12/h6-7,15H,3-5,14H2,1-2H3. The molecule has 6 heteroatoms. The van der Waals surface area contributed by atoms with Gasteiger partial charge in [0.05, 0.1) is 15.6 Å². The fourth-order valence-electron chi connectivity index (χ4n) is 2.11. The van der Waals surface area contributed by atoms with Crippen LogP contribution in [0.15, 0.2) is 17.0 Å². The molecule has 100 valence electrons. The average Bonchev–Trinajstić information content (AvgIpc) is 2.22. The Morgan fingerprint density at radius 2 is 2.00 bits per heavy atom.